The van der Waals surface area contributed by atoms with E-state index in [1.165, 1.54) is 0 Å². The number of ether oxygens (including phenoxy) is 2. The lowest BCUT2D eigenvalue weighted by Gasteiger charge is -2.20. The van der Waals surface area contributed by atoms with Crippen molar-refractivity contribution < 1.29 is 14.0 Å². The summed E-state index contributed by atoms with van der Waals surface area (Å²) in [4.78, 5) is 5.44. The molecule has 1 N–H and O–H groups in total. The number of aromatic nitrogens is 2. The summed E-state index contributed by atoms with van der Waals surface area (Å²) in [5.41, 5.74) is 0.914. The van der Waals surface area contributed by atoms with E-state index in [1.807, 2.05) is 42.6 Å². The van der Waals surface area contributed by atoms with Gasteiger partial charge >= 0.3 is 0 Å². The van der Waals surface area contributed by atoms with Gasteiger partial charge in [0.15, 0.2) is 11.5 Å². The monoisotopic (exact) mass is 329 g/mol. The van der Waals surface area contributed by atoms with Gasteiger partial charge < -0.3 is 19.3 Å². The minimum atomic E-state index is -0.112. The lowest BCUT2D eigenvalue weighted by atomic mass is 10.2. The van der Waals surface area contributed by atoms with Crippen LogP contribution in [-0.2, 0) is 0 Å². The van der Waals surface area contributed by atoms with Gasteiger partial charge in [-0.1, -0.05) is 11.2 Å². The van der Waals surface area contributed by atoms with E-state index in [2.05, 4.69) is 15.5 Å². The normalized spacial score (nSPS) is 14.5. The first-order valence-electron chi connectivity index (χ1n) is 7.33. The van der Waals surface area contributed by atoms with Gasteiger partial charge in [-0.25, -0.2) is 0 Å². The van der Waals surface area contributed by atoms with Crippen LogP contribution >= 0.6 is 11.3 Å². The van der Waals surface area contributed by atoms with Gasteiger partial charge in [-0.3, -0.25) is 0 Å². The average molecular weight is 329 g/mol. The van der Waals surface area contributed by atoms with Crippen molar-refractivity contribution in [2.24, 2.45) is 0 Å². The smallest absolute Gasteiger partial charge is 0.249 e. The molecule has 3 aromatic rings. The summed E-state index contributed by atoms with van der Waals surface area (Å²) < 4.78 is 16.5. The van der Waals surface area contributed by atoms with Crippen LogP contribution < -0.4 is 14.8 Å². The summed E-state index contributed by atoms with van der Waals surface area (Å²) in [6.07, 6.45) is 0. The number of anilines is 1. The molecule has 0 fully saturated rings. The second-order valence-electron chi connectivity index (χ2n) is 5.16. The van der Waals surface area contributed by atoms with Crippen LogP contribution in [0.25, 0.3) is 10.7 Å². The quantitative estimate of drug-likeness (QED) is 0.786. The molecular formula is C16H15N3O3S. The van der Waals surface area contributed by atoms with Gasteiger partial charge in [0.05, 0.1) is 4.88 Å². The molecule has 4 rings (SSSR count). The lowest BCUT2D eigenvalue weighted by molar-refractivity contribution is 0.171. The van der Waals surface area contributed by atoms with Crippen molar-refractivity contribution >= 4 is 17.0 Å². The molecule has 6 nitrogen and oxygen atoms in total. The molecule has 23 heavy (non-hydrogen) atoms. The summed E-state index contributed by atoms with van der Waals surface area (Å²) in [7, 11) is 0. The van der Waals surface area contributed by atoms with Crippen molar-refractivity contribution in [1.82, 2.24) is 10.1 Å². The fourth-order valence-corrected chi connectivity index (χ4v) is 3.01. The highest BCUT2D eigenvalue weighted by atomic mass is 32.1. The predicted octanol–water partition coefficient (Wildman–Crippen LogP) is 3.74. The molecule has 0 radical (unpaired) electrons. The maximum Gasteiger partial charge on any atom is 0.249 e. The van der Waals surface area contributed by atoms with Gasteiger partial charge in [0.1, 0.15) is 19.3 Å². The Hall–Kier alpha value is -2.54. The average Bonchev–Trinajstić information content (AvgIpc) is 3.26. The fourth-order valence-electron chi connectivity index (χ4n) is 2.36. The van der Waals surface area contributed by atoms with Crippen LogP contribution in [0.1, 0.15) is 18.9 Å². The summed E-state index contributed by atoms with van der Waals surface area (Å²) >= 11 is 1.58. The largest absolute Gasteiger partial charge is 0.486 e. The van der Waals surface area contributed by atoms with Crippen molar-refractivity contribution in [2.75, 3.05) is 18.5 Å². The molecule has 0 bridgehead atoms. The van der Waals surface area contributed by atoms with Gasteiger partial charge in [-0.15, -0.1) is 11.3 Å². The van der Waals surface area contributed by atoms with Crippen molar-refractivity contribution in [3.8, 4) is 22.2 Å². The number of hydrogen-bond acceptors (Lipinski definition) is 7. The molecule has 0 amide bonds. The SMILES string of the molecule is C[C@H](Nc1ccc2c(c1)OCCO2)c1nc(-c2cccs2)no1. The molecule has 1 aliphatic rings. The molecule has 3 heterocycles. The third-order valence-corrected chi connectivity index (χ3v) is 4.34. The maximum atomic E-state index is 5.59. The Bertz CT molecular complexity index is 801. The van der Waals surface area contributed by atoms with Crippen LogP contribution in [-0.4, -0.2) is 23.4 Å². The Morgan fingerprint density at radius 3 is 2.87 bits per heavy atom. The first kappa shape index (κ1) is 14.1. The number of thiophene rings is 1. The Balaban J connectivity index is 1.50. The summed E-state index contributed by atoms with van der Waals surface area (Å²) in [6.45, 7) is 3.13. The van der Waals surface area contributed by atoms with Crippen LogP contribution in [0.3, 0.4) is 0 Å². The van der Waals surface area contributed by atoms with E-state index in [1.54, 1.807) is 11.3 Å². The van der Waals surface area contributed by atoms with E-state index >= 15 is 0 Å². The fraction of sp³-hybridized carbons (Fsp3) is 0.250. The first-order valence-corrected chi connectivity index (χ1v) is 8.21. The minimum Gasteiger partial charge on any atom is -0.486 e. The van der Waals surface area contributed by atoms with Crippen LogP contribution in [0.4, 0.5) is 5.69 Å². The van der Waals surface area contributed by atoms with E-state index in [0.717, 1.165) is 22.1 Å². The van der Waals surface area contributed by atoms with Crippen molar-refractivity contribution in [3.05, 3.63) is 41.6 Å². The van der Waals surface area contributed by atoms with Gasteiger partial charge in [0.2, 0.25) is 11.7 Å². The second-order valence-corrected chi connectivity index (χ2v) is 6.11. The molecule has 1 atom stereocenters. The number of nitrogens with zero attached hydrogens (tertiary/aromatic N) is 2. The second kappa shape index (κ2) is 5.92. The highest BCUT2D eigenvalue weighted by molar-refractivity contribution is 7.13. The predicted molar refractivity (Wildman–Crippen MR) is 87.1 cm³/mol. The molecule has 0 spiro atoms. The first-order chi connectivity index (χ1) is 11.3. The third-order valence-electron chi connectivity index (χ3n) is 3.48. The van der Waals surface area contributed by atoms with Gasteiger partial charge in [0, 0.05) is 11.8 Å². The lowest BCUT2D eigenvalue weighted by Crippen LogP contribution is -2.15. The molecule has 1 aromatic carbocycles. The molecule has 0 saturated carbocycles. The van der Waals surface area contributed by atoms with Crippen molar-refractivity contribution in [1.29, 1.82) is 0 Å². The number of rotatable bonds is 4. The Labute approximate surface area is 137 Å². The molecule has 1 aliphatic heterocycles. The Kier molecular flexibility index (Phi) is 3.63. The molecule has 0 saturated heterocycles. The van der Waals surface area contributed by atoms with Gasteiger partial charge in [0.25, 0.3) is 0 Å². The highest BCUT2D eigenvalue weighted by Gasteiger charge is 2.17. The number of fused-ring (bicyclic) bond motifs is 1. The zero-order valence-corrected chi connectivity index (χ0v) is 13.3. The summed E-state index contributed by atoms with van der Waals surface area (Å²) in [5.74, 6) is 2.68. The number of nitrogens with one attached hydrogen (secondary N) is 1. The summed E-state index contributed by atoms with van der Waals surface area (Å²) in [5, 5.41) is 9.36. The van der Waals surface area contributed by atoms with E-state index in [4.69, 9.17) is 14.0 Å². The minimum absolute atomic E-state index is 0.112. The van der Waals surface area contributed by atoms with E-state index < -0.39 is 0 Å². The van der Waals surface area contributed by atoms with E-state index in [-0.39, 0.29) is 6.04 Å². The zero-order valence-electron chi connectivity index (χ0n) is 12.5. The van der Waals surface area contributed by atoms with Crippen LogP contribution in [0.15, 0.2) is 40.2 Å². The van der Waals surface area contributed by atoms with Gasteiger partial charge in [-0.05, 0) is 30.5 Å². The van der Waals surface area contributed by atoms with Crippen LogP contribution in [0.5, 0.6) is 11.5 Å². The third kappa shape index (κ3) is 2.87. The van der Waals surface area contributed by atoms with Crippen molar-refractivity contribution in [2.45, 2.75) is 13.0 Å². The molecule has 118 valence electrons. The Morgan fingerprint density at radius 2 is 2.04 bits per heavy atom. The molecule has 7 heteroatoms. The molecule has 0 aliphatic carbocycles. The van der Waals surface area contributed by atoms with Crippen molar-refractivity contribution in [3.63, 3.8) is 0 Å². The number of benzene rings is 1. The van der Waals surface area contributed by atoms with Gasteiger partial charge in [-0.2, -0.15) is 4.98 Å². The molecular weight excluding hydrogens is 314 g/mol. The highest BCUT2D eigenvalue weighted by Crippen LogP contribution is 2.33. The topological polar surface area (TPSA) is 69.4 Å². The Morgan fingerprint density at radius 1 is 1.17 bits per heavy atom. The number of hydrogen-bond donors (Lipinski definition) is 1. The van der Waals surface area contributed by atoms with Crippen LogP contribution in [0.2, 0.25) is 0 Å². The molecule has 2 aromatic heterocycles. The maximum absolute atomic E-state index is 5.59. The van der Waals surface area contributed by atoms with E-state index in [0.29, 0.717) is 24.9 Å². The summed E-state index contributed by atoms with van der Waals surface area (Å²) in [6, 6.07) is 9.58. The van der Waals surface area contributed by atoms with Crippen LogP contribution in [0, 0.1) is 0 Å². The zero-order chi connectivity index (χ0) is 15.6. The van der Waals surface area contributed by atoms with E-state index in [9.17, 15) is 0 Å². The standard InChI is InChI=1S/C16H15N3O3S/c1-10(16-18-15(19-22-16)14-3-2-8-23-14)17-11-4-5-12-13(9-11)21-7-6-20-12/h2-5,8-10,17H,6-7H2,1H3/t10-/m0/s1. The molecule has 0 unspecified atom stereocenters.